The molecule has 1 rings (SSSR count). The number of hydrogen-bond acceptors (Lipinski definition) is 5. The Hall–Kier alpha value is -1.13. The Bertz CT molecular complexity index is 546. The second-order valence-corrected chi connectivity index (χ2v) is 6.24. The van der Waals surface area contributed by atoms with Crippen molar-refractivity contribution in [2.24, 2.45) is 5.14 Å². The molecule has 5 nitrogen and oxygen atoms in total. The van der Waals surface area contributed by atoms with E-state index < -0.39 is 15.5 Å². The van der Waals surface area contributed by atoms with Crippen LogP contribution in [0.2, 0.25) is 0 Å². The molecule has 108 valence electrons. The lowest BCUT2D eigenvalue weighted by Crippen LogP contribution is -2.14. The smallest absolute Gasteiger partial charge is 0.397 e. The first-order chi connectivity index (χ1) is 8.59. The molecule has 0 saturated carbocycles. The lowest BCUT2D eigenvalue weighted by molar-refractivity contribution is -0.0327. The molecule has 0 aliphatic heterocycles. The van der Waals surface area contributed by atoms with Crippen molar-refractivity contribution in [1.29, 1.82) is 0 Å². The van der Waals surface area contributed by atoms with Crippen LogP contribution in [0.1, 0.15) is 0 Å². The van der Waals surface area contributed by atoms with Crippen molar-refractivity contribution < 1.29 is 21.6 Å². The topological polar surface area (TPSA) is 98.2 Å². The molecule has 0 fully saturated rings. The minimum Gasteiger partial charge on any atom is -0.397 e. The normalized spacial score (nSPS) is 12.4. The van der Waals surface area contributed by atoms with Crippen LogP contribution in [0.4, 0.5) is 24.5 Å². The highest BCUT2D eigenvalue weighted by Gasteiger charge is 2.27. The summed E-state index contributed by atoms with van der Waals surface area (Å²) in [6, 6.07) is 3.73. The summed E-state index contributed by atoms with van der Waals surface area (Å²) < 4.78 is 57.7. The predicted molar refractivity (Wildman–Crippen MR) is 69.2 cm³/mol. The van der Waals surface area contributed by atoms with Gasteiger partial charge in [0.1, 0.15) is 0 Å². The van der Waals surface area contributed by atoms with E-state index in [-0.39, 0.29) is 34.6 Å². The van der Waals surface area contributed by atoms with Crippen LogP contribution in [0.5, 0.6) is 0 Å². The van der Waals surface area contributed by atoms with E-state index >= 15 is 0 Å². The Morgan fingerprint density at radius 2 is 1.95 bits per heavy atom. The number of nitrogen functional groups attached to an aromatic ring is 1. The third-order valence-electron chi connectivity index (χ3n) is 2.03. The summed E-state index contributed by atoms with van der Waals surface area (Å²) in [6.07, 6.45) is 0. The largest absolute Gasteiger partial charge is 0.441 e. The van der Waals surface area contributed by atoms with Crippen molar-refractivity contribution in [2.45, 2.75) is 10.4 Å². The van der Waals surface area contributed by atoms with E-state index in [1.807, 2.05) is 0 Å². The molecule has 5 N–H and O–H groups in total. The molecule has 1 aromatic rings. The lowest BCUT2D eigenvalue weighted by Gasteiger charge is -2.11. The van der Waals surface area contributed by atoms with Crippen molar-refractivity contribution in [3.05, 3.63) is 18.2 Å². The van der Waals surface area contributed by atoms with Crippen molar-refractivity contribution >= 4 is 33.2 Å². The average molecular weight is 315 g/mol. The van der Waals surface area contributed by atoms with Gasteiger partial charge in [0.25, 0.3) is 0 Å². The first kappa shape index (κ1) is 15.9. The van der Waals surface area contributed by atoms with Crippen molar-refractivity contribution in [1.82, 2.24) is 0 Å². The Balaban J connectivity index is 2.61. The molecule has 0 aromatic heterocycles. The Morgan fingerprint density at radius 1 is 1.32 bits per heavy atom. The third kappa shape index (κ3) is 5.57. The highest BCUT2D eigenvalue weighted by Crippen LogP contribution is 2.30. The number of thioether (sulfide) groups is 1. The Labute approximate surface area is 112 Å². The lowest BCUT2D eigenvalue weighted by atomic mass is 10.2. The first-order valence-electron chi connectivity index (χ1n) is 4.96. The molecule has 0 radical (unpaired) electrons. The van der Waals surface area contributed by atoms with Gasteiger partial charge in [0.2, 0.25) is 10.0 Å². The quantitative estimate of drug-likeness (QED) is 0.566. The van der Waals surface area contributed by atoms with Gasteiger partial charge in [0, 0.05) is 12.3 Å². The second kappa shape index (κ2) is 5.88. The number of halogens is 3. The number of hydrogen-bond donors (Lipinski definition) is 3. The van der Waals surface area contributed by atoms with Crippen molar-refractivity contribution in [3.63, 3.8) is 0 Å². The van der Waals surface area contributed by atoms with Gasteiger partial charge in [-0.15, -0.1) is 0 Å². The Morgan fingerprint density at radius 3 is 2.42 bits per heavy atom. The highest BCUT2D eigenvalue weighted by molar-refractivity contribution is 8.00. The number of sulfonamides is 1. The fourth-order valence-electron chi connectivity index (χ4n) is 1.23. The van der Waals surface area contributed by atoms with Crippen LogP contribution in [-0.4, -0.2) is 26.2 Å². The number of nitrogens with one attached hydrogen (secondary N) is 1. The molecule has 0 heterocycles. The van der Waals surface area contributed by atoms with Gasteiger partial charge < -0.3 is 11.1 Å². The predicted octanol–water partition coefficient (Wildman–Crippen LogP) is 1.58. The van der Waals surface area contributed by atoms with Gasteiger partial charge in [0.15, 0.2) is 0 Å². The summed E-state index contributed by atoms with van der Waals surface area (Å²) in [6.45, 7) is 0.0447. The maximum atomic E-state index is 11.9. The van der Waals surface area contributed by atoms with E-state index in [0.717, 1.165) is 6.07 Å². The number of alkyl halides is 3. The van der Waals surface area contributed by atoms with Crippen molar-refractivity contribution in [2.75, 3.05) is 23.3 Å². The highest BCUT2D eigenvalue weighted by atomic mass is 32.2. The minimum atomic E-state index is -4.27. The van der Waals surface area contributed by atoms with E-state index in [4.69, 9.17) is 10.9 Å². The van der Waals surface area contributed by atoms with Crippen LogP contribution in [0, 0.1) is 0 Å². The summed E-state index contributed by atoms with van der Waals surface area (Å²) >= 11 is -0.153. The standard InChI is InChI=1S/C9H12F3N3O2S2/c10-9(11,12)18-4-3-15-8-2-1-6(5-7(8)13)19(14,16)17/h1-2,5,15H,3-4,13H2,(H2,14,16,17). The molecule has 19 heavy (non-hydrogen) atoms. The number of benzene rings is 1. The molecule has 0 amide bonds. The summed E-state index contributed by atoms with van der Waals surface area (Å²) in [7, 11) is -3.85. The zero-order chi connectivity index (χ0) is 14.7. The van der Waals surface area contributed by atoms with Gasteiger partial charge in [-0.25, -0.2) is 13.6 Å². The molecule has 10 heteroatoms. The van der Waals surface area contributed by atoms with Crippen LogP contribution in [0.25, 0.3) is 0 Å². The van der Waals surface area contributed by atoms with Crippen LogP contribution in [0.15, 0.2) is 23.1 Å². The van der Waals surface area contributed by atoms with Gasteiger partial charge in [-0.05, 0) is 30.0 Å². The van der Waals surface area contributed by atoms with Gasteiger partial charge in [0.05, 0.1) is 16.3 Å². The molecular weight excluding hydrogens is 303 g/mol. The van der Waals surface area contributed by atoms with Gasteiger partial charge in [-0.1, -0.05) is 0 Å². The van der Waals surface area contributed by atoms with E-state index in [9.17, 15) is 21.6 Å². The van der Waals surface area contributed by atoms with E-state index in [1.54, 1.807) is 0 Å². The van der Waals surface area contributed by atoms with E-state index in [0.29, 0.717) is 5.69 Å². The van der Waals surface area contributed by atoms with Crippen LogP contribution < -0.4 is 16.2 Å². The summed E-state index contributed by atoms with van der Waals surface area (Å²) in [5.41, 5.74) is 1.76. The molecular formula is C9H12F3N3O2S2. The van der Waals surface area contributed by atoms with Gasteiger partial charge in [-0.2, -0.15) is 13.2 Å². The zero-order valence-corrected chi connectivity index (χ0v) is 11.2. The van der Waals surface area contributed by atoms with Crippen LogP contribution in [0.3, 0.4) is 0 Å². The molecule has 0 aliphatic rings. The van der Waals surface area contributed by atoms with Crippen LogP contribution >= 0.6 is 11.8 Å². The summed E-state index contributed by atoms with van der Waals surface area (Å²) in [5.74, 6) is -0.181. The molecule has 0 spiro atoms. The molecule has 0 unspecified atom stereocenters. The fraction of sp³-hybridized carbons (Fsp3) is 0.333. The zero-order valence-electron chi connectivity index (χ0n) is 9.57. The summed E-state index contributed by atoms with van der Waals surface area (Å²) in [5, 5.41) is 7.60. The minimum absolute atomic E-state index is 0.0447. The second-order valence-electron chi connectivity index (χ2n) is 3.52. The SMILES string of the molecule is Nc1cc(S(N)(=O)=O)ccc1NCCSC(F)(F)F. The molecule has 1 aromatic carbocycles. The number of rotatable bonds is 5. The molecule has 0 atom stereocenters. The van der Waals surface area contributed by atoms with Crippen molar-refractivity contribution in [3.8, 4) is 0 Å². The summed E-state index contributed by atoms with van der Waals surface area (Å²) in [4.78, 5) is -0.153. The fourth-order valence-corrected chi connectivity index (χ4v) is 2.22. The average Bonchev–Trinajstić information content (AvgIpc) is 2.23. The number of nitrogens with two attached hydrogens (primary N) is 2. The molecule has 0 aliphatic carbocycles. The maximum absolute atomic E-state index is 11.9. The molecule has 0 bridgehead atoms. The van der Waals surface area contributed by atoms with Crippen LogP contribution in [-0.2, 0) is 10.0 Å². The number of primary sulfonamides is 1. The van der Waals surface area contributed by atoms with E-state index in [2.05, 4.69) is 5.32 Å². The third-order valence-corrected chi connectivity index (χ3v) is 3.68. The number of anilines is 2. The van der Waals surface area contributed by atoms with Gasteiger partial charge in [-0.3, -0.25) is 0 Å². The van der Waals surface area contributed by atoms with Gasteiger partial charge >= 0.3 is 5.51 Å². The maximum Gasteiger partial charge on any atom is 0.441 e. The first-order valence-corrected chi connectivity index (χ1v) is 7.50. The Kier molecular flexibility index (Phi) is 4.93. The van der Waals surface area contributed by atoms with E-state index in [1.165, 1.54) is 12.1 Å². The molecule has 0 saturated heterocycles. The monoisotopic (exact) mass is 315 g/mol.